The quantitative estimate of drug-likeness (QED) is 0.926. The third-order valence-corrected chi connectivity index (χ3v) is 3.49. The van der Waals surface area contributed by atoms with Crippen LogP contribution in [0.2, 0.25) is 0 Å². The molecule has 1 fully saturated rings. The summed E-state index contributed by atoms with van der Waals surface area (Å²) < 4.78 is 37.8. The van der Waals surface area contributed by atoms with E-state index in [4.69, 9.17) is 0 Å². The largest absolute Gasteiger partial charge is 0.416 e. The smallest absolute Gasteiger partial charge is 0.376 e. The summed E-state index contributed by atoms with van der Waals surface area (Å²) in [5.41, 5.74) is -0.424. The van der Waals surface area contributed by atoms with Crippen LogP contribution in [0.25, 0.3) is 0 Å². The summed E-state index contributed by atoms with van der Waals surface area (Å²) in [5, 5.41) is 2.76. The van der Waals surface area contributed by atoms with Crippen molar-refractivity contribution in [1.29, 1.82) is 0 Å². The van der Waals surface area contributed by atoms with Gasteiger partial charge in [0.2, 0.25) is 5.91 Å². The number of carbonyl (C=O) groups is 1. The Kier molecular flexibility index (Phi) is 4.72. The maximum atomic E-state index is 12.6. The molecule has 0 aliphatic carbocycles. The molecule has 1 aromatic carbocycles. The van der Waals surface area contributed by atoms with E-state index in [0.717, 1.165) is 25.2 Å². The summed E-state index contributed by atoms with van der Waals surface area (Å²) in [6.07, 6.45) is -4.38. The minimum Gasteiger partial charge on any atom is -0.376 e. The second-order valence-corrected chi connectivity index (χ2v) is 5.12. The standard InChI is InChI=1S/C14H18F3N3O/c1-19-5-7-20(8-6-19)13(21)10-18-12-4-2-3-11(9-12)14(15,16)17/h2-4,9,18H,5-8,10H2,1H3. The van der Waals surface area contributed by atoms with E-state index in [1.165, 1.54) is 12.1 Å². The van der Waals surface area contributed by atoms with Crippen molar-refractivity contribution in [2.24, 2.45) is 0 Å². The number of benzene rings is 1. The molecule has 1 amide bonds. The number of carbonyl (C=O) groups excluding carboxylic acids is 1. The van der Waals surface area contributed by atoms with Gasteiger partial charge >= 0.3 is 6.18 Å². The number of likely N-dealkylation sites (N-methyl/N-ethyl adjacent to an activating group) is 1. The molecule has 1 saturated heterocycles. The van der Waals surface area contributed by atoms with Crippen LogP contribution in [0.15, 0.2) is 24.3 Å². The highest BCUT2D eigenvalue weighted by Crippen LogP contribution is 2.30. The third-order valence-electron chi connectivity index (χ3n) is 3.49. The number of hydrogen-bond acceptors (Lipinski definition) is 3. The van der Waals surface area contributed by atoms with Gasteiger partial charge in [-0.15, -0.1) is 0 Å². The predicted octanol–water partition coefficient (Wildman–Crippen LogP) is 1.89. The molecule has 21 heavy (non-hydrogen) atoms. The zero-order chi connectivity index (χ0) is 15.5. The summed E-state index contributed by atoms with van der Waals surface area (Å²) in [7, 11) is 1.99. The lowest BCUT2D eigenvalue weighted by atomic mass is 10.2. The second kappa shape index (κ2) is 6.34. The summed E-state index contributed by atoms with van der Waals surface area (Å²) in [4.78, 5) is 15.8. The number of halogens is 3. The van der Waals surface area contributed by atoms with E-state index in [0.29, 0.717) is 18.8 Å². The average molecular weight is 301 g/mol. The number of piperazine rings is 1. The van der Waals surface area contributed by atoms with Gasteiger partial charge in [0.25, 0.3) is 0 Å². The van der Waals surface area contributed by atoms with Gasteiger partial charge in [-0.2, -0.15) is 13.2 Å². The van der Waals surface area contributed by atoms with Gasteiger partial charge in [-0.3, -0.25) is 4.79 Å². The van der Waals surface area contributed by atoms with Crippen LogP contribution in [0.1, 0.15) is 5.56 Å². The van der Waals surface area contributed by atoms with Crippen LogP contribution < -0.4 is 5.32 Å². The molecular weight excluding hydrogens is 283 g/mol. The van der Waals surface area contributed by atoms with Crippen LogP contribution in [-0.2, 0) is 11.0 Å². The van der Waals surface area contributed by atoms with Crippen LogP contribution in [0.3, 0.4) is 0 Å². The first-order valence-corrected chi connectivity index (χ1v) is 6.74. The second-order valence-electron chi connectivity index (χ2n) is 5.12. The van der Waals surface area contributed by atoms with Crippen LogP contribution in [0.5, 0.6) is 0 Å². The van der Waals surface area contributed by atoms with Gasteiger partial charge in [-0.1, -0.05) is 6.07 Å². The number of hydrogen-bond donors (Lipinski definition) is 1. The van der Waals surface area contributed by atoms with Gasteiger partial charge in [-0.05, 0) is 25.2 Å². The van der Waals surface area contributed by atoms with Crippen molar-refractivity contribution >= 4 is 11.6 Å². The van der Waals surface area contributed by atoms with Crippen molar-refractivity contribution in [2.75, 3.05) is 45.1 Å². The first-order chi connectivity index (χ1) is 9.86. The van der Waals surface area contributed by atoms with E-state index in [9.17, 15) is 18.0 Å². The lowest BCUT2D eigenvalue weighted by molar-refractivity contribution is -0.137. The van der Waals surface area contributed by atoms with E-state index in [-0.39, 0.29) is 12.5 Å². The Balaban J connectivity index is 1.89. The summed E-state index contributed by atoms with van der Waals surface area (Å²) in [6.45, 7) is 2.94. The topological polar surface area (TPSA) is 35.6 Å². The van der Waals surface area contributed by atoms with E-state index in [2.05, 4.69) is 10.2 Å². The van der Waals surface area contributed by atoms with Crippen molar-refractivity contribution in [3.05, 3.63) is 29.8 Å². The highest BCUT2D eigenvalue weighted by molar-refractivity contribution is 5.81. The number of rotatable bonds is 3. The first kappa shape index (κ1) is 15.6. The van der Waals surface area contributed by atoms with E-state index >= 15 is 0 Å². The molecule has 7 heteroatoms. The molecule has 1 aromatic rings. The van der Waals surface area contributed by atoms with Crippen molar-refractivity contribution in [2.45, 2.75) is 6.18 Å². The van der Waals surface area contributed by atoms with Gasteiger partial charge in [0.15, 0.2) is 0 Å². The SMILES string of the molecule is CN1CCN(C(=O)CNc2cccc(C(F)(F)F)c2)CC1. The fraction of sp³-hybridized carbons (Fsp3) is 0.500. The highest BCUT2D eigenvalue weighted by atomic mass is 19.4. The summed E-state index contributed by atoms with van der Waals surface area (Å²) in [6, 6.07) is 4.86. The zero-order valence-corrected chi connectivity index (χ0v) is 11.8. The normalized spacial score (nSPS) is 16.9. The molecule has 0 radical (unpaired) electrons. The van der Waals surface area contributed by atoms with E-state index in [1.807, 2.05) is 7.05 Å². The fourth-order valence-corrected chi connectivity index (χ4v) is 2.15. The number of nitrogens with zero attached hydrogens (tertiary/aromatic N) is 2. The molecule has 0 bridgehead atoms. The highest BCUT2D eigenvalue weighted by Gasteiger charge is 2.30. The van der Waals surface area contributed by atoms with Gasteiger partial charge in [0, 0.05) is 31.9 Å². The van der Waals surface area contributed by atoms with E-state index < -0.39 is 11.7 Å². The Morgan fingerprint density at radius 2 is 1.90 bits per heavy atom. The first-order valence-electron chi connectivity index (χ1n) is 6.74. The molecule has 0 atom stereocenters. The molecule has 2 rings (SSSR count). The van der Waals surface area contributed by atoms with Gasteiger partial charge in [0.05, 0.1) is 12.1 Å². The number of amides is 1. The van der Waals surface area contributed by atoms with Gasteiger partial charge < -0.3 is 15.1 Å². The molecule has 0 saturated carbocycles. The number of alkyl halides is 3. The Bertz CT molecular complexity index is 496. The van der Waals surface area contributed by atoms with Crippen molar-refractivity contribution in [1.82, 2.24) is 9.80 Å². The Morgan fingerprint density at radius 3 is 2.52 bits per heavy atom. The van der Waals surface area contributed by atoms with Crippen LogP contribution in [0, 0.1) is 0 Å². The molecule has 4 nitrogen and oxygen atoms in total. The fourth-order valence-electron chi connectivity index (χ4n) is 2.15. The minimum atomic E-state index is -4.38. The van der Waals surface area contributed by atoms with Crippen LogP contribution in [-0.4, -0.2) is 55.5 Å². The van der Waals surface area contributed by atoms with Gasteiger partial charge in [-0.25, -0.2) is 0 Å². The third kappa shape index (κ3) is 4.35. The monoisotopic (exact) mass is 301 g/mol. The van der Waals surface area contributed by atoms with Crippen molar-refractivity contribution < 1.29 is 18.0 Å². The van der Waals surface area contributed by atoms with Crippen LogP contribution >= 0.6 is 0 Å². The molecule has 1 heterocycles. The number of anilines is 1. The number of nitrogens with one attached hydrogen (secondary N) is 1. The molecule has 116 valence electrons. The minimum absolute atomic E-state index is 0.00498. The Morgan fingerprint density at radius 1 is 1.24 bits per heavy atom. The van der Waals surface area contributed by atoms with Gasteiger partial charge in [0.1, 0.15) is 0 Å². The maximum Gasteiger partial charge on any atom is 0.416 e. The predicted molar refractivity (Wildman–Crippen MR) is 74.0 cm³/mol. The summed E-state index contributed by atoms with van der Waals surface area (Å²) in [5.74, 6) is -0.0967. The molecular formula is C14H18F3N3O. The van der Waals surface area contributed by atoms with E-state index in [1.54, 1.807) is 4.90 Å². The van der Waals surface area contributed by atoms with Crippen molar-refractivity contribution in [3.8, 4) is 0 Å². The molecule has 1 aliphatic heterocycles. The average Bonchev–Trinajstić information content (AvgIpc) is 2.45. The Labute approximate surface area is 121 Å². The molecule has 1 aliphatic rings. The zero-order valence-electron chi connectivity index (χ0n) is 11.8. The lowest BCUT2D eigenvalue weighted by Gasteiger charge is -2.32. The Hall–Kier alpha value is -1.76. The summed E-state index contributed by atoms with van der Waals surface area (Å²) >= 11 is 0. The molecule has 0 unspecified atom stereocenters. The van der Waals surface area contributed by atoms with Crippen molar-refractivity contribution in [3.63, 3.8) is 0 Å². The molecule has 0 aromatic heterocycles. The lowest BCUT2D eigenvalue weighted by Crippen LogP contribution is -2.48. The van der Waals surface area contributed by atoms with Crippen LogP contribution in [0.4, 0.5) is 18.9 Å². The maximum absolute atomic E-state index is 12.6. The molecule has 1 N–H and O–H groups in total. The molecule has 0 spiro atoms.